The predicted molar refractivity (Wildman–Crippen MR) is 207 cm³/mol. The van der Waals surface area contributed by atoms with Crippen molar-refractivity contribution in [1.82, 2.24) is 9.80 Å². The molecule has 2 heteroatoms. The summed E-state index contributed by atoms with van der Waals surface area (Å²) in [7, 11) is 0. The van der Waals surface area contributed by atoms with Crippen LogP contribution in [-0.4, -0.2) is 46.1 Å². The van der Waals surface area contributed by atoms with E-state index < -0.39 is 0 Å². The fourth-order valence-corrected chi connectivity index (χ4v) is 18.9. The third-order valence-corrected chi connectivity index (χ3v) is 20.4. The van der Waals surface area contributed by atoms with Gasteiger partial charge in [-0.3, -0.25) is 9.80 Å². The number of hydrogen-bond donors (Lipinski definition) is 0. The average Bonchev–Trinajstić information content (AvgIpc) is 3.70. The Morgan fingerprint density at radius 1 is 0.220 bits per heavy atom. The van der Waals surface area contributed by atoms with Gasteiger partial charge in [-0.2, -0.15) is 0 Å². The highest BCUT2D eigenvalue weighted by Gasteiger charge is 2.59. The van der Waals surface area contributed by atoms with E-state index in [4.69, 9.17) is 0 Å². The van der Waals surface area contributed by atoms with Crippen molar-refractivity contribution in [2.75, 3.05) is 0 Å². The van der Waals surface area contributed by atoms with Crippen molar-refractivity contribution in [3.05, 3.63) is 0 Å². The maximum absolute atomic E-state index is 3.41. The molecular formula is C48H78N2. The Balaban J connectivity index is 0.803. The highest BCUT2D eigenvalue weighted by Crippen LogP contribution is 2.62. The van der Waals surface area contributed by atoms with Gasteiger partial charge in [0.15, 0.2) is 0 Å². The Bertz CT molecular complexity index is 1160. The Labute approximate surface area is 308 Å². The molecule has 0 aromatic rings. The van der Waals surface area contributed by atoms with E-state index in [1.165, 1.54) is 38.5 Å². The van der Waals surface area contributed by atoms with Crippen molar-refractivity contribution in [3.8, 4) is 0 Å². The minimum absolute atomic E-state index is 0.957. The third-order valence-electron chi connectivity index (χ3n) is 20.4. The van der Waals surface area contributed by atoms with Gasteiger partial charge in [-0.15, -0.1) is 0 Å². The molecule has 2 nitrogen and oxygen atoms in total. The van der Waals surface area contributed by atoms with Crippen molar-refractivity contribution < 1.29 is 0 Å². The van der Waals surface area contributed by atoms with E-state index >= 15 is 0 Å². The van der Waals surface area contributed by atoms with E-state index in [0.717, 1.165) is 107 Å². The smallest absolute Gasteiger partial charge is 0.0133 e. The lowest BCUT2D eigenvalue weighted by atomic mass is 9.48. The van der Waals surface area contributed by atoms with Crippen LogP contribution in [0, 0.1) is 71.0 Å². The quantitative estimate of drug-likeness (QED) is 0.292. The first-order chi connectivity index (χ1) is 24.8. The minimum atomic E-state index is 0.957. The second-order valence-corrected chi connectivity index (χ2v) is 21.8. The number of likely N-dealkylation sites (tertiary alicyclic amines) is 2. The zero-order valence-corrected chi connectivity index (χ0v) is 32.5. The van der Waals surface area contributed by atoms with E-state index in [9.17, 15) is 0 Å². The van der Waals surface area contributed by atoms with E-state index in [1.54, 1.807) is 154 Å². The fraction of sp³-hybridized carbons (Fsp3) is 1.00. The van der Waals surface area contributed by atoms with E-state index in [2.05, 4.69) is 9.80 Å². The van der Waals surface area contributed by atoms with Crippen LogP contribution in [0.4, 0.5) is 0 Å². The summed E-state index contributed by atoms with van der Waals surface area (Å²) in [4.78, 5) is 6.68. The molecule has 17 unspecified atom stereocenters. The summed E-state index contributed by atoms with van der Waals surface area (Å²) in [5.74, 6) is 13.2. The zero-order chi connectivity index (χ0) is 32.8. The number of nitrogens with zero attached hydrogens (tertiary/aromatic N) is 2. The van der Waals surface area contributed by atoms with Gasteiger partial charge in [0, 0.05) is 36.3 Å². The van der Waals surface area contributed by atoms with E-state index in [-0.39, 0.29) is 0 Å². The van der Waals surface area contributed by atoms with Gasteiger partial charge in [-0.25, -0.2) is 0 Å². The molecule has 0 bridgehead atoms. The van der Waals surface area contributed by atoms with Crippen LogP contribution in [0.25, 0.3) is 0 Å². The third kappa shape index (κ3) is 5.47. The summed E-state index contributed by atoms with van der Waals surface area (Å²) in [6.07, 6.45) is 47.3. The number of fused-ring (bicyclic) bond motifs is 12. The summed E-state index contributed by atoms with van der Waals surface area (Å²) in [5.41, 5.74) is 0. The molecule has 0 amide bonds. The first kappa shape index (κ1) is 33.3. The Morgan fingerprint density at radius 2 is 0.620 bits per heavy atom. The van der Waals surface area contributed by atoms with Gasteiger partial charge in [0.2, 0.25) is 0 Å². The maximum atomic E-state index is 3.41. The molecular weight excluding hydrogens is 605 g/mol. The molecule has 0 aromatic heterocycles. The monoisotopic (exact) mass is 683 g/mol. The van der Waals surface area contributed by atoms with Crippen LogP contribution in [0.1, 0.15) is 193 Å². The van der Waals surface area contributed by atoms with Crippen LogP contribution in [0.2, 0.25) is 0 Å². The van der Waals surface area contributed by atoms with Crippen LogP contribution in [0.5, 0.6) is 0 Å². The molecule has 50 heavy (non-hydrogen) atoms. The van der Waals surface area contributed by atoms with Gasteiger partial charge in [0.25, 0.3) is 0 Å². The summed E-state index contributed by atoms with van der Waals surface area (Å²) < 4.78 is 0. The lowest BCUT2D eigenvalue weighted by Gasteiger charge is -2.59. The van der Waals surface area contributed by atoms with E-state index in [1.807, 2.05) is 0 Å². The van der Waals surface area contributed by atoms with Crippen molar-refractivity contribution in [2.45, 2.75) is 229 Å². The predicted octanol–water partition coefficient (Wildman–Crippen LogP) is 12.0. The summed E-state index contributed by atoms with van der Waals surface area (Å²) in [6, 6.07) is 5.83. The van der Waals surface area contributed by atoms with E-state index in [0.29, 0.717) is 0 Å². The molecule has 2 saturated heterocycles. The molecule has 9 aliphatic carbocycles. The second kappa shape index (κ2) is 13.9. The molecule has 11 aliphatic rings. The molecule has 0 spiro atoms. The summed E-state index contributed by atoms with van der Waals surface area (Å²) in [5, 5.41) is 0. The Hall–Kier alpha value is -0.0800. The van der Waals surface area contributed by atoms with Gasteiger partial charge < -0.3 is 0 Å². The van der Waals surface area contributed by atoms with Gasteiger partial charge in [0.1, 0.15) is 0 Å². The van der Waals surface area contributed by atoms with Crippen LogP contribution >= 0.6 is 0 Å². The molecule has 11 fully saturated rings. The Morgan fingerprint density at radius 3 is 1.16 bits per heavy atom. The van der Waals surface area contributed by atoms with Gasteiger partial charge in [-0.05, 0) is 193 Å². The topological polar surface area (TPSA) is 6.48 Å². The maximum Gasteiger partial charge on any atom is 0.0133 e. The summed E-state index contributed by atoms with van der Waals surface area (Å²) >= 11 is 0. The average molecular weight is 683 g/mol. The van der Waals surface area contributed by atoms with Gasteiger partial charge in [0.05, 0.1) is 0 Å². The standard InChI is InChI=1S/C48H78N2/c1-2-12-33(13-3-1)49-45-20-10-8-18-40(45)43-28-31(22-26-47(43)49)32-23-27-48-44(29-32)41-19-9-11-21-46(41)50(48)34-24-25-39-37-16-5-4-14-35(37)36-15-6-7-17-38(36)42(39)30-34/h31-48H,1-30H2. The first-order valence-corrected chi connectivity index (χ1v) is 24.4. The molecule has 0 N–H and O–H groups in total. The van der Waals surface area contributed by atoms with Crippen LogP contribution in [-0.2, 0) is 0 Å². The van der Waals surface area contributed by atoms with Crippen LogP contribution < -0.4 is 0 Å². The van der Waals surface area contributed by atoms with Crippen LogP contribution in [0.3, 0.4) is 0 Å². The fourth-order valence-electron chi connectivity index (χ4n) is 18.9. The molecule has 0 radical (unpaired) electrons. The molecule has 2 heterocycles. The Kier molecular flexibility index (Phi) is 9.25. The highest BCUT2D eigenvalue weighted by atomic mass is 15.3. The van der Waals surface area contributed by atoms with Crippen molar-refractivity contribution in [3.63, 3.8) is 0 Å². The number of rotatable bonds is 3. The van der Waals surface area contributed by atoms with Gasteiger partial charge >= 0.3 is 0 Å². The van der Waals surface area contributed by atoms with Crippen LogP contribution in [0.15, 0.2) is 0 Å². The zero-order valence-electron chi connectivity index (χ0n) is 32.5. The normalized spacial score (nSPS) is 54.4. The molecule has 2 aliphatic heterocycles. The van der Waals surface area contributed by atoms with Gasteiger partial charge in [-0.1, -0.05) is 70.6 Å². The molecule has 11 rings (SSSR count). The van der Waals surface area contributed by atoms with Crippen molar-refractivity contribution in [2.24, 2.45) is 71.0 Å². The highest BCUT2D eigenvalue weighted by molar-refractivity contribution is 5.11. The number of hydrogen-bond acceptors (Lipinski definition) is 2. The van der Waals surface area contributed by atoms with Crippen molar-refractivity contribution in [1.29, 1.82) is 0 Å². The SMILES string of the molecule is C1CCC(N2C3CCCCC3C3CC(C4CCC5C(C4)C4CCCCC4N5C4CCC5C6CCCCC6C6CCCCC6C5C4)CCC32)CC1. The summed E-state index contributed by atoms with van der Waals surface area (Å²) in [6.45, 7) is 0. The molecule has 17 atom stereocenters. The second-order valence-electron chi connectivity index (χ2n) is 21.8. The lowest BCUT2D eigenvalue weighted by molar-refractivity contribution is -0.0986. The van der Waals surface area contributed by atoms with Crippen molar-refractivity contribution >= 4 is 0 Å². The lowest BCUT2D eigenvalue weighted by Crippen LogP contribution is -2.55. The molecule has 0 aromatic carbocycles. The molecule has 280 valence electrons. The minimum Gasteiger partial charge on any atom is -0.294 e. The largest absolute Gasteiger partial charge is 0.294 e. The first-order valence-electron chi connectivity index (χ1n) is 24.4. The molecule has 9 saturated carbocycles.